The highest BCUT2D eigenvalue weighted by atomic mass is 35.5. The van der Waals surface area contributed by atoms with E-state index < -0.39 is 59.5 Å². The molecule has 3 aliphatic rings. The quantitative estimate of drug-likeness (QED) is 0.229. The molecule has 3 fully saturated rings. The van der Waals surface area contributed by atoms with Gasteiger partial charge in [0.25, 0.3) is 5.91 Å². The van der Waals surface area contributed by atoms with E-state index >= 15 is 0 Å². The molecule has 3 aliphatic heterocycles. The van der Waals surface area contributed by atoms with E-state index in [1.165, 1.54) is 9.80 Å². The number of rotatable bonds is 14. The Hall–Kier alpha value is -3.99. The Morgan fingerprint density at radius 3 is 2.54 bits per heavy atom. The summed E-state index contributed by atoms with van der Waals surface area (Å²) in [5.41, 5.74) is 0.646. The van der Waals surface area contributed by atoms with Crippen LogP contribution in [0.2, 0.25) is 5.02 Å². The van der Waals surface area contributed by atoms with E-state index in [0.717, 1.165) is 5.56 Å². The molecule has 0 unspecified atom stereocenters. The van der Waals surface area contributed by atoms with Gasteiger partial charge >= 0.3 is 5.97 Å². The van der Waals surface area contributed by atoms with Crippen LogP contribution in [0.4, 0.5) is 5.69 Å². The van der Waals surface area contributed by atoms with Crippen LogP contribution < -0.4 is 4.90 Å². The number of aliphatic hydroxyl groups is 1. The van der Waals surface area contributed by atoms with Gasteiger partial charge in [-0.25, -0.2) is 0 Å². The average Bonchev–Trinajstić information content (AvgIpc) is 3.72. The van der Waals surface area contributed by atoms with Gasteiger partial charge in [-0.2, -0.15) is 0 Å². The highest BCUT2D eigenvalue weighted by Gasteiger charge is 2.75. The van der Waals surface area contributed by atoms with Crippen molar-refractivity contribution in [3.8, 4) is 0 Å². The van der Waals surface area contributed by atoms with Gasteiger partial charge in [-0.3, -0.25) is 19.2 Å². The number of aliphatic hydroxyl groups excluding tert-OH is 1. The molecule has 2 aromatic carbocycles. The van der Waals surface area contributed by atoms with Crippen molar-refractivity contribution in [1.82, 2.24) is 9.80 Å². The number of carbonyl (C=O) groups excluding carboxylic acids is 4. The van der Waals surface area contributed by atoms with Crippen molar-refractivity contribution in [3.63, 3.8) is 0 Å². The summed E-state index contributed by atoms with van der Waals surface area (Å²) >= 11 is 6.61. The molecule has 11 heteroatoms. The van der Waals surface area contributed by atoms with Gasteiger partial charge in [0.05, 0.1) is 41.3 Å². The summed E-state index contributed by atoms with van der Waals surface area (Å²) in [7, 11) is 1.68. The van der Waals surface area contributed by atoms with Crippen molar-refractivity contribution in [3.05, 3.63) is 90.0 Å². The molecule has 0 aromatic heterocycles. The van der Waals surface area contributed by atoms with Gasteiger partial charge < -0.3 is 29.3 Å². The molecule has 0 radical (unpaired) electrons. The number of β-amino-alcohol motifs (C(OH)–C–C–N with tert-alkyl or cyclic N) is 1. The van der Waals surface area contributed by atoms with Crippen LogP contribution in [0, 0.1) is 18.8 Å². The molecule has 3 heterocycles. The number of hydrogen-bond acceptors (Lipinski definition) is 7. The van der Waals surface area contributed by atoms with Crippen LogP contribution in [0.5, 0.6) is 0 Å². The van der Waals surface area contributed by atoms with E-state index in [1.54, 1.807) is 36.2 Å². The van der Waals surface area contributed by atoms with Crippen molar-refractivity contribution in [2.75, 3.05) is 31.6 Å². The number of amides is 3. The van der Waals surface area contributed by atoms with Crippen LogP contribution >= 0.6 is 11.6 Å². The van der Waals surface area contributed by atoms with Crippen molar-refractivity contribution < 1.29 is 33.8 Å². The lowest BCUT2D eigenvalue weighted by Crippen LogP contribution is -2.57. The number of likely N-dealkylation sites (tertiary alicyclic amines) is 1. The minimum atomic E-state index is -1.31. The summed E-state index contributed by atoms with van der Waals surface area (Å²) in [6.45, 7) is 10.8. The van der Waals surface area contributed by atoms with E-state index in [1.807, 2.05) is 50.2 Å². The van der Waals surface area contributed by atoms with Crippen LogP contribution in [0.3, 0.4) is 0 Å². The number of aryl methyl sites for hydroxylation is 1. The monoisotopic (exact) mass is 677 g/mol. The summed E-state index contributed by atoms with van der Waals surface area (Å²) in [4.78, 5) is 60.6. The predicted octanol–water partition coefficient (Wildman–Crippen LogP) is 4.63. The van der Waals surface area contributed by atoms with Crippen LogP contribution in [-0.4, -0.2) is 89.1 Å². The van der Waals surface area contributed by atoms with Gasteiger partial charge in [0, 0.05) is 26.6 Å². The molecule has 256 valence electrons. The third kappa shape index (κ3) is 6.17. The Bertz CT molecular complexity index is 1550. The van der Waals surface area contributed by atoms with E-state index in [9.17, 15) is 24.3 Å². The maximum absolute atomic E-state index is 14.6. The lowest BCUT2D eigenvalue weighted by Gasteiger charge is -2.37. The van der Waals surface area contributed by atoms with Gasteiger partial charge in [-0.15, -0.1) is 13.2 Å². The van der Waals surface area contributed by atoms with Crippen LogP contribution in [0.25, 0.3) is 0 Å². The number of hydrogen-bond donors (Lipinski definition) is 1. The molecule has 7 atom stereocenters. The van der Waals surface area contributed by atoms with Crippen LogP contribution in [0.1, 0.15) is 49.8 Å². The fourth-order valence-electron chi connectivity index (χ4n) is 7.71. The second kappa shape index (κ2) is 14.6. The third-order valence-electron chi connectivity index (χ3n) is 10.1. The molecule has 3 saturated heterocycles. The van der Waals surface area contributed by atoms with E-state index in [-0.39, 0.29) is 32.0 Å². The molecule has 1 spiro atoms. The topological polar surface area (TPSA) is 117 Å². The smallest absolute Gasteiger partial charge is 0.313 e. The first-order chi connectivity index (χ1) is 23.0. The van der Waals surface area contributed by atoms with Crippen molar-refractivity contribution in [2.24, 2.45) is 11.8 Å². The van der Waals surface area contributed by atoms with E-state index in [0.29, 0.717) is 35.5 Å². The number of benzene rings is 2. The number of anilines is 1. The van der Waals surface area contributed by atoms with Gasteiger partial charge in [0.1, 0.15) is 17.7 Å². The highest BCUT2D eigenvalue weighted by Crippen LogP contribution is 2.59. The van der Waals surface area contributed by atoms with E-state index in [4.69, 9.17) is 21.1 Å². The molecule has 10 nitrogen and oxygen atoms in total. The maximum Gasteiger partial charge on any atom is 0.313 e. The summed E-state index contributed by atoms with van der Waals surface area (Å²) in [5.74, 6) is -3.61. The zero-order valence-electron chi connectivity index (χ0n) is 27.7. The number of ether oxygens (including phenoxy) is 2. The third-order valence-corrected chi connectivity index (χ3v) is 10.4. The summed E-state index contributed by atoms with van der Waals surface area (Å²) < 4.78 is 12.8. The Kier molecular flexibility index (Phi) is 10.8. The number of fused-ring (bicyclic) bond motifs is 1. The molecule has 0 saturated carbocycles. The zero-order chi connectivity index (χ0) is 34.7. The average molecular weight is 678 g/mol. The molecule has 48 heavy (non-hydrogen) atoms. The Morgan fingerprint density at radius 1 is 1.17 bits per heavy atom. The van der Waals surface area contributed by atoms with Gasteiger partial charge in [-0.05, 0) is 50.3 Å². The molecular weight excluding hydrogens is 634 g/mol. The fourth-order valence-corrected chi connectivity index (χ4v) is 8.03. The van der Waals surface area contributed by atoms with E-state index in [2.05, 4.69) is 13.2 Å². The molecule has 0 aliphatic carbocycles. The first kappa shape index (κ1) is 35.3. The second-order valence-electron chi connectivity index (χ2n) is 12.8. The number of allylic oxidation sites excluding steroid dienone is 1. The predicted molar refractivity (Wildman–Crippen MR) is 182 cm³/mol. The molecule has 2 bridgehead atoms. The van der Waals surface area contributed by atoms with Crippen molar-refractivity contribution >= 4 is 41.0 Å². The fraction of sp³-hybridized carbons (Fsp3) is 0.459. The van der Waals surface area contributed by atoms with Gasteiger partial charge in [0.2, 0.25) is 11.8 Å². The summed E-state index contributed by atoms with van der Waals surface area (Å²) in [6.07, 6.45) is 3.38. The molecule has 2 aromatic rings. The largest absolute Gasteiger partial charge is 0.455 e. The first-order valence-corrected chi connectivity index (χ1v) is 16.8. The number of carbonyl (C=O) groups is 4. The molecule has 3 amide bonds. The number of likely N-dealkylation sites (N-methyl/N-ethyl adjacent to an activating group) is 1. The van der Waals surface area contributed by atoms with Gasteiger partial charge in [-0.1, -0.05) is 66.2 Å². The molecule has 1 N–H and O–H groups in total. The van der Waals surface area contributed by atoms with Crippen LogP contribution in [-0.2, 0) is 28.7 Å². The first-order valence-electron chi connectivity index (χ1n) is 16.4. The second-order valence-corrected chi connectivity index (χ2v) is 13.2. The Morgan fingerprint density at radius 2 is 1.90 bits per heavy atom. The lowest BCUT2D eigenvalue weighted by atomic mass is 9.70. The lowest BCUT2D eigenvalue weighted by molar-refractivity contribution is -0.164. The number of halogens is 1. The van der Waals surface area contributed by atoms with Crippen molar-refractivity contribution in [1.29, 1.82) is 0 Å². The Balaban J connectivity index is 1.49. The minimum absolute atomic E-state index is 0.117. The van der Waals surface area contributed by atoms with Crippen LogP contribution in [0.15, 0.2) is 73.8 Å². The normalized spacial score (nSPS) is 25.3. The highest BCUT2D eigenvalue weighted by molar-refractivity contribution is 6.34. The maximum atomic E-state index is 14.6. The van der Waals surface area contributed by atoms with Crippen molar-refractivity contribution in [2.45, 2.75) is 69.4 Å². The number of esters is 1. The summed E-state index contributed by atoms with van der Waals surface area (Å²) in [5, 5.41) is 10.4. The minimum Gasteiger partial charge on any atom is -0.455 e. The van der Waals surface area contributed by atoms with Gasteiger partial charge in [0.15, 0.2) is 0 Å². The number of para-hydroxylation sites is 1. The summed E-state index contributed by atoms with van der Waals surface area (Å²) in [6, 6.07) is 12.9. The SMILES string of the molecule is C=CCCC(=O)N(C)[C@@H](C)[C@@H](OC(=O)[C@@H]1[C@H]2C(=O)N(CCO)[C@H](C(=O)N(CC=C)c3c(C)cccc3Cl)[C@]23CC[C@H]1O3)c1ccccc1. The standard InChI is InChI=1S/C37H44ClN3O7/c1-6-8-17-28(43)39(5)24(4)32(25-14-10-9-11-15-25)47-36(46)29-27-18-19-37(48-27)30(29)34(44)41(21-22-42)33(37)35(45)40(20-7-2)31-23(3)13-12-16-26(31)38/h6-7,9-16,24,27,29-30,32-33,42H,1-2,8,17-22H2,3-5H3/t24-,27+,29-,30-,32+,33+,37-/m0/s1. The Labute approximate surface area is 286 Å². The molecule has 5 rings (SSSR count). The number of nitrogens with zero attached hydrogens (tertiary/aromatic N) is 3. The molecular formula is C37H44ClN3O7. The zero-order valence-corrected chi connectivity index (χ0v) is 28.5.